The summed E-state index contributed by atoms with van der Waals surface area (Å²) in [5.74, 6) is -2.26. The Bertz CT molecular complexity index is 567. The molecule has 8 heteroatoms. The smallest absolute Gasteiger partial charge is 0.478 e. The van der Waals surface area contributed by atoms with Crippen LogP contribution in [0, 0.1) is 0 Å². The van der Waals surface area contributed by atoms with E-state index in [2.05, 4.69) is 10.1 Å². The predicted molar refractivity (Wildman–Crippen MR) is 67.8 cm³/mol. The molecule has 0 aromatic heterocycles. The maximum Gasteiger partial charge on any atom is 0.573 e. The number of carbonyl (C=O) groups excluding carboxylic acids is 1. The fraction of sp³-hybridized carbons (Fsp3) is 0.231. The number of nitrogens with one attached hydrogen (secondary N) is 1. The summed E-state index contributed by atoms with van der Waals surface area (Å²) in [6.45, 7) is 1.48. The number of benzene rings is 1. The Labute approximate surface area is 118 Å². The molecule has 0 fully saturated rings. The number of rotatable bonds is 5. The second kappa shape index (κ2) is 6.78. The van der Waals surface area contributed by atoms with Crippen LogP contribution < -0.4 is 10.1 Å². The number of ether oxygens (including phenoxy) is 1. The molecule has 0 heterocycles. The van der Waals surface area contributed by atoms with Gasteiger partial charge in [-0.2, -0.15) is 0 Å². The molecule has 114 valence electrons. The summed E-state index contributed by atoms with van der Waals surface area (Å²) >= 11 is 0. The molecule has 0 unspecified atom stereocenters. The minimum atomic E-state index is -4.91. The van der Waals surface area contributed by atoms with Gasteiger partial charge in [0.15, 0.2) is 0 Å². The average molecular weight is 303 g/mol. The zero-order chi connectivity index (χ0) is 16.0. The lowest BCUT2D eigenvalue weighted by molar-refractivity contribution is -0.274. The van der Waals surface area contributed by atoms with Crippen molar-refractivity contribution in [3.8, 4) is 5.75 Å². The van der Waals surface area contributed by atoms with Crippen LogP contribution in [0.15, 0.2) is 24.3 Å². The lowest BCUT2D eigenvalue weighted by Gasteiger charge is -2.10. The zero-order valence-electron chi connectivity index (χ0n) is 10.9. The average Bonchev–Trinajstić information content (AvgIpc) is 2.32. The van der Waals surface area contributed by atoms with Crippen LogP contribution >= 0.6 is 0 Å². The normalized spacial score (nSPS) is 11.4. The minimum absolute atomic E-state index is 0.169. The van der Waals surface area contributed by atoms with E-state index in [9.17, 15) is 22.8 Å². The van der Waals surface area contributed by atoms with Crippen LogP contribution in [0.3, 0.4) is 0 Å². The number of halogens is 3. The Morgan fingerprint density at radius 3 is 2.52 bits per heavy atom. The van der Waals surface area contributed by atoms with Gasteiger partial charge in [-0.25, -0.2) is 4.79 Å². The summed E-state index contributed by atoms with van der Waals surface area (Å²) in [5, 5.41) is 11.3. The Kier molecular flexibility index (Phi) is 5.34. The molecule has 0 aliphatic rings. The van der Waals surface area contributed by atoms with Crippen LogP contribution in [0.25, 0.3) is 6.08 Å². The quantitative estimate of drug-likeness (QED) is 0.876. The third kappa shape index (κ3) is 6.46. The van der Waals surface area contributed by atoms with Crippen molar-refractivity contribution in [2.45, 2.75) is 13.3 Å². The molecule has 0 spiro atoms. The highest BCUT2D eigenvalue weighted by Crippen LogP contribution is 2.25. The van der Waals surface area contributed by atoms with Crippen molar-refractivity contribution in [3.05, 3.63) is 35.4 Å². The van der Waals surface area contributed by atoms with E-state index in [1.54, 1.807) is 0 Å². The topological polar surface area (TPSA) is 75.6 Å². The lowest BCUT2D eigenvalue weighted by Crippen LogP contribution is -2.19. The standard InChI is InChI=1S/C13H12F3NO4/c1-8(18)17-4-2-3-9-5-10(12(19)20)7-11(6-9)21-13(14,15)16/h2-3,5-7H,4H2,1H3,(H,17,18)(H,19,20). The van der Waals surface area contributed by atoms with E-state index in [1.807, 2.05) is 0 Å². The Morgan fingerprint density at radius 2 is 2.00 bits per heavy atom. The zero-order valence-corrected chi connectivity index (χ0v) is 10.9. The number of alkyl halides is 3. The highest BCUT2D eigenvalue weighted by molar-refractivity contribution is 5.89. The second-order valence-electron chi connectivity index (χ2n) is 3.98. The Balaban J connectivity index is 2.97. The first kappa shape index (κ1) is 16.5. The van der Waals surface area contributed by atoms with Gasteiger partial charge in [0.25, 0.3) is 0 Å². The molecule has 2 N–H and O–H groups in total. The van der Waals surface area contributed by atoms with Gasteiger partial charge in [-0.1, -0.05) is 12.2 Å². The largest absolute Gasteiger partial charge is 0.573 e. The SMILES string of the molecule is CC(=O)NCC=Cc1cc(OC(F)(F)F)cc(C(=O)O)c1. The predicted octanol–water partition coefficient (Wildman–Crippen LogP) is 2.43. The number of carboxylic acid groups (broad SMARTS) is 1. The first-order chi connectivity index (χ1) is 9.67. The van der Waals surface area contributed by atoms with Crippen molar-refractivity contribution in [2.24, 2.45) is 0 Å². The van der Waals surface area contributed by atoms with Crippen LogP contribution in [-0.2, 0) is 4.79 Å². The first-order valence-corrected chi connectivity index (χ1v) is 5.72. The molecule has 1 aromatic rings. The van der Waals surface area contributed by atoms with Gasteiger partial charge in [-0.15, -0.1) is 13.2 Å². The van der Waals surface area contributed by atoms with Crippen molar-refractivity contribution in [1.29, 1.82) is 0 Å². The highest BCUT2D eigenvalue weighted by atomic mass is 19.4. The van der Waals surface area contributed by atoms with Gasteiger partial charge in [-0.3, -0.25) is 4.79 Å². The summed E-state index contributed by atoms with van der Waals surface area (Å²) in [6, 6.07) is 3.01. The second-order valence-corrected chi connectivity index (χ2v) is 3.98. The summed E-state index contributed by atoms with van der Waals surface area (Å²) in [4.78, 5) is 21.5. The molecule has 0 saturated heterocycles. The van der Waals surface area contributed by atoms with Crippen molar-refractivity contribution in [3.63, 3.8) is 0 Å². The number of hydrogen-bond acceptors (Lipinski definition) is 3. The van der Waals surface area contributed by atoms with Crippen molar-refractivity contribution in [2.75, 3.05) is 6.54 Å². The molecule has 0 aliphatic carbocycles. The third-order valence-corrected chi connectivity index (χ3v) is 2.19. The molecule has 0 radical (unpaired) electrons. The highest BCUT2D eigenvalue weighted by Gasteiger charge is 2.31. The summed E-state index contributed by atoms with van der Waals surface area (Å²) in [7, 11) is 0. The van der Waals surface area contributed by atoms with E-state index in [0.29, 0.717) is 0 Å². The van der Waals surface area contributed by atoms with Gasteiger partial charge in [0.2, 0.25) is 5.91 Å². The van der Waals surface area contributed by atoms with E-state index in [-0.39, 0.29) is 23.6 Å². The molecule has 1 amide bonds. The molecular weight excluding hydrogens is 291 g/mol. The lowest BCUT2D eigenvalue weighted by atomic mass is 10.1. The molecule has 0 saturated carbocycles. The maximum absolute atomic E-state index is 12.2. The van der Waals surface area contributed by atoms with Gasteiger partial charge < -0.3 is 15.2 Å². The number of aromatic carboxylic acids is 1. The molecule has 1 aromatic carbocycles. The summed E-state index contributed by atoms with van der Waals surface area (Å²) in [5.41, 5.74) is -0.129. The van der Waals surface area contributed by atoms with E-state index in [1.165, 1.54) is 25.1 Å². The van der Waals surface area contributed by atoms with Gasteiger partial charge in [0.05, 0.1) is 5.56 Å². The maximum atomic E-state index is 12.2. The van der Waals surface area contributed by atoms with Crippen molar-refractivity contribution >= 4 is 18.0 Å². The minimum Gasteiger partial charge on any atom is -0.478 e. The van der Waals surface area contributed by atoms with E-state index in [4.69, 9.17) is 5.11 Å². The summed E-state index contributed by atoms with van der Waals surface area (Å²) < 4.78 is 40.2. The third-order valence-electron chi connectivity index (χ3n) is 2.19. The number of hydrogen-bond donors (Lipinski definition) is 2. The van der Waals surface area contributed by atoms with Gasteiger partial charge in [-0.05, 0) is 23.8 Å². The molecule has 0 atom stereocenters. The molecule has 0 aliphatic heterocycles. The number of carbonyl (C=O) groups is 2. The number of carboxylic acids is 1. The van der Waals surface area contributed by atoms with Crippen LogP contribution in [0.4, 0.5) is 13.2 Å². The fourth-order valence-corrected chi connectivity index (χ4v) is 1.43. The van der Waals surface area contributed by atoms with Gasteiger partial charge >= 0.3 is 12.3 Å². The van der Waals surface area contributed by atoms with Crippen LogP contribution in [0.1, 0.15) is 22.8 Å². The summed E-state index contributed by atoms with van der Waals surface area (Å²) in [6.07, 6.45) is -2.06. The Morgan fingerprint density at radius 1 is 1.33 bits per heavy atom. The molecule has 1 rings (SSSR count). The van der Waals surface area contributed by atoms with Crippen molar-refractivity contribution < 1.29 is 32.6 Å². The molecule has 0 bridgehead atoms. The van der Waals surface area contributed by atoms with E-state index >= 15 is 0 Å². The Hall–Kier alpha value is -2.51. The monoisotopic (exact) mass is 303 g/mol. The fourth-order valence-electron chi connectivity index (χ4n) is 1.43. The van der Waals surface area contributed by atoms with Crippen LogP contribution in [0.5, 0.6) is 5.75 Å². The molecule has 21 heavy (non-hydrogen) atoms. The van der Waals surface area contributed by atoms with Gasteiger partial charge in [0.1, 0.15) is 5.75 Å². The van der Waals surface area contributed by atoms with Crippen LogP contribution in [-0.4, -0.2) is 29.9 Å². The van der Waals surface area contributed by atoms with E-state index < -0.39 is 18.1 Å². The number of amides is 1. The molecule has 5 nitrogen and oxygen atoms in total. The molecular formula is C13H12F3NO4. The van der Waals surface area contributed by atoms with E-state index in [0.717, 1.165) is 12.1 Å². The van der Waals surface area contributed by atoms with Crippen molar-refractivity contribution in [1.82, 2.24) is 5.32 Å². The van der Waals surface area contributed by atoms with Crippen LogP contribution in [0.2, 0.25) is 0 Å². The van der Waals surface area contributed by atoms with Gasteiger partial charge in [0, 0.05) is 13.5 Å². The first-order valence-electron chi connectivity index (χ1n) is 5.72.